The predicted molar refractivity (Wildman–Crippen MR) is 106 cm³/mol. The Bertz CT molecular complexity index is 949. The van der Waals surface area contributed by atoms with Crippen LogP contribution in [0.1, 0.15) is 16.7 Å². The van der Waals surface area contributed by atoms with Gasteiger partial charge in [0.2, 0.25) is 4.80 Å². The zero-order chi connectivity index (χ0) is 17.1. The van der Waals surface area contributed by atoms with Crippen molar-refractivity contribution >= 4 is 33.5 Å². The molecular formula is C19H18BrN3S. The quantitative estimate of drug-likeness (QED) is 0.554. The molecule has 3 aromatic rings. The normalized spacial score (nSPS) is 12.2. The van der Waals surface area contributed by atoms with E-state index in [0.29, 0.717) is 0 Å². The Kier molecular flexibility index (Phi) is 5.11. The highest BCUT2D eigenvalue weighted by atomic mass is 79.9. The summed E-state index contributed by atoms with van der Waals surface area (Å²) in [5, 5.41) is 6.79. The van der Waals surface area contributed by atoms with Crippen LogP contribution < -0.4 is 4.80 Å². The number of thiazole rings is 1. The lowest BCUT2D eigenvalue weighted by molar-refractivity contribution is 0.848. The van der Waals surface area contributed by atoms with Crippen molar-refractivity contribution in [1.82, 2.24) is 4.68 Å². The number of rotatable bonds is 3. The third-order valence-corrected chi connectivity index (χ3v) is 5.20. The molecule has 5 heteroatoms. The summed E-state index contributed by atoms with van der Waals surface area (Å²) in [5.74, 6) is 0. The van der Waals surface area contributed by atoms with Crippen LogP contribution in [-0.4, -0.2) is 17.9 Å². The van der Waals surface area contributed by atoms with Gasteiger partial charge in [-0.25, -0.2) is 4.68 Å². The minimum absolute atomic E-state index is 0.870. The lowest BCUT2D eigenvalue weighted by Crippen LogP contribution is -2.11. The molecule has 0 unspecified atom stereocenters. The van der Waals surface area contributed by atoms with E-state index in [9.17, 15) is 0 Å². The first-order chi connectivity index (χ1) is 11.6. The molecule has 0 saturated heterocycles. The smallest absolute Gasteiger partial charge is 0.205 e. The van der Waals surface area contributed by atoms with Crippen LogP contribution in [0.2, 0.25) is 0 Å². The Hall–Kier alpha value is -1.98. The highest BCUT2D eigenvalue weighted by molar-refractivity contribution is 9.10. The summed E-state index contributed by atoms with van der Waals surface area (Å²) in [4.78, 5) is 5.21. The van der Waals surface area contributed by atoms with E-state index in [1.807, 2.05) is 23.0 Å². The molecule has 2 aromatic carbocycles. The molecule has 1 aromatic heterocycles. The summed E-state index contributed by atoms with van der Waals surface area (Å²) in [6.45, 7) is 4.19. The SMILES string of the molecule is CN=c1scc(-c2ccc(Br)cc2)n1/N=C\c1cc(C)ccc1C. The fourth-order valence-corrected chi connectivity index (χ4v) is 3.47. The van der Waals surface area contributed by atoms with Gasteiger partial charge in [0, 0.05) is 22.5 Å². The monoisotopic (exact) mass is 399 g/mol. The molecule has 1 heterocycles. The first-order valence-electron chi connectivity index (χ1n) is 7.59. The van der Waals surface area contributed by atoms with Crippen molar-refractivity contribution in [3.05, 3.63) is 73.8 Å². The molecule has 0 amide bonds. The van der Waals surface area contributed by atoms with E-state index in [2.05, 4.69) is 70.5 Å². The van der Waals surface area contributed by atoms with Gasteiger partial charge in [-0.2, -0.15) is 5.10 Å². The molecule has 0 bridgehead atoms. The summed E-state index contributed by atoms with van der Waals surface area (Å²) < 4.78 is 2.96. The predicted octanol–water partition coefficient (Wildman–Crippen LogP) is 5.01. The summed E-state index contributed by atoms with van der Waals surface area (Å²) in [5.41, 5.74) is 5.71. The largest absolute Gasteiger partial charge is 0.261 e. The number of hydrogen-bond donors (Lipinski definition) is 0. The van der Waals surface area contributed by atoms with E-state index in [4.69, 9.17) is 5.10 Å². The van der Waals surface area contributed by atoms with E-state index in [-0.39, 0.29) is 0 Å². The second-order valence-corrected chi connectivity index (χ2v) is 7.30. The molecule has 0 saturated carbocycles. The van der Waals surface area contributed by atoms with Crippen LogP contribution in [0.5, 0.6) is 0 Å². The third-order valence-electron chi connectivity index (χ3n) is 3.76. The van der Waals surface area contributed by atoms with Crippen LogP contribution in [0, 0.1) is 13.8 Å². The van der Waals surface area contributed by atoms with Crippen molar-refractivity contribution in [2.24, 2.45) is 10.1 Å². The maximum Gasteiger partial charge on any atom is 0.205 e. The molecule has 0 fully saturated rings. The Morgan fingerprint density at radius 2 is 1.83 bits per heavy atom. The van der Waals surface area contributed by atoms with Gasteiger partial charge in [-0.1, -0.05) is 51.8 Å². The van der Waals surface area contributed by atoms with Gasteiger partial charge in [0.05, 0.1) is 11.9 Å². The fourth-order valence-electron chi connectivity index (χ4n) is 2.40. The standard InChI is InChI=1S/C19H18BrN3S/c1-13-4-5-14(2)16(10-13)11-22-23-18(12-24-19(23)21-3)15-6-8-17(20)9-7-15/h4-12H,1-3H3/b21-19?,22-11-. The van der Waals surface area contributed by atoms with Crippen molar-refractivity contribution < 1.29 is 0 Å². The summed E-state index contributed by atoms with van der Waals surface area (Å²) in [7, 11) is 1.79. The van der Waals surface area contributed by atoms with E-state index >= 15 is 0 Å². The first-order valence-corrected chi connectivity index (χ1v) is 9.26. The first kappa shape index (κ1) is 16.9. The van der Waals surface area contributed by atoms with Gasteiger partial charge in [0.25, 0.3) is 0 Å². The lowest BCUT2D eigenvalue weighted by atomic mass is 10.1. The Morgan fingerprint density at radius 3 is 2.54 bits per heavy atom. The topological polar surface area (TPSA) is 29.6 Å². The van der Waals surface area contributed by atoms with Crippen molar-refractivity contribution in [2.45, 2.75) is 13.8 Å². The minimum atomic E-state index is 0.870. The number of hydrogen-bond acceptors (Lipinski definition) is 3. The van der Waals surface area contributed by atoms with E-state index in [1.54, 1.807) is 18.4 Å². The second kappa shape index (κ2) is 7.28. The fraction of sp³-hybridized carbons (Fsp3) is 0.158. The van der Waals surface area contributed by atoms with Crippen LogP contribution in [-0.2, 0) is 0 Å². The van der Waals surface area contributed by atoms with Crippen LogP contribution in [0.25, 0.3) is 11.3 Å². The van der Waals surface area contributed by atoms with Crippen molar-refractivity contribution in [2.75, 3.05) is 7.05 Å². The van der Waals surface area contributed by atoms with Crippen molar-refractivity contribution in [3.8, 4) is 11.3 Å². The van der Waals surface area contributed by atoms with Gasteiger partial charge < -0.3 is 0 Å². The molecule has 0 aliphatic rings. The molecule has 122 valence electrons. The highest BCUT2D eigenvalue weighted by Crippen LogP contribution is 2.22. The average Bonchev–Trinajstić information content (AvgIpc) is 2.99. The van der Waals surface area contributed by atoms with E-state index < -0.39 is 0 Å². The molecular weight excluding hydrogens is 382 g/mol. The molecule has 0 atom stereocenters. The number of nitrogens with zero attached hydrogens (tertiary/aromatic N) is 3. The Labute approximate surface area is 154 Å². The summed E-state index contributed by atoms with van der Waals surface area (Å²) in [6, 6.07) is 14.6. The zero-order valence-electron chi connectivity index (χ0n) is 13.8. The van der Waals surface area contributed by atoms with Gasteiger partial charge in [-0.3, -0.25) is 4.99 Å². The number of aryl methyl sites for hydroxylation is 2. The molecule has 0 N–H and O–H groups in total. The number of benzene rings is 2. The molecule has 0 radical (unpaired) electrons. The van der Waals surface area contributed by atoms with Gasteiger partial charge in [-0.05, 0) is 37.1 Å². The maximum absolute atomic E-state index is 4.70. The lowest BCUT2D eigenvalue weighted by Gasteiger charge is -2.05. The molecule has 0 aliphatic heterocycles. The highest BCUT2D eigenvalue weighted by Gasteiger charge is 2.07. The van der Waals surface area contributed by atoms with Crippen LogP contribution in [0.15, 0.2) is 62.4 Å². The molecule has 24 heavy (non-hydrogen) atoms. The number of aromatic nitrogens is 1. The van der Waals surface area contributed by atoms with Gasteiger partial charge in [-0.15, -0.1) is 11.3 Å². The van der Waals surface area contributed by atoms with Crippen molar-refractivity contribution in [3.63, 3.8) is 0 Å². The number of halogens is 1. The summed E-state index contributed by atoms with van der Waals surface area (Å²) >= 11 is 5.07. The Balaban J connectivity index is 2.07. The zero-order valence-corrected chi connectivity index (χ0v) is 16.2. The van der Waals surface area contributed by atoms with E-state index in [1.165, 1.54) is 11.1 Å². The maximum atomic E-state index is 4.70. The summed E-state index contributed by atoms with van der Waals surface area (Å²) in [6.07, 6.45) is 1.91. The van der Waals surface area contributed by atoms with Gasteiger partial charge in [0.15, 0.2) is 0 Å². The third kappa shape index (κ3) is 3.57. The van der Waals surface area contributed by atoms with Gasteiger partial charge >= 0.3 is 0 Å². The molecule has 3 nitrogen and oxygen atoms in total. The van der Waals surface area contributed by atoms with E-state index in [0.717, 1.165) is 26.1 Å². The van der Waals surface area contributed by atoms with Crippen LogP contribution >= 0.6 is 27.3 Å². The minimum Gasteiger partial charge on any atom is -0.261 e. The average molecular weight is 400 g/mol. The molecule has 0 spiro atoms. The Morgan fingerprint density at radius 1 is 1.08 bits per heavy atom. The van der Waals surface area contributed by atoms with Gasteiger partial charge in [0.1, 0.15) is 0 Å². The van der Waals surface area contributed by atoms with Crippen LogP contribution in [0.4, 0.5) is 0 Å². The molecule has 3 rings (SSSR count). The second-order valence-electron chi connectivity index (χ2n) is 5.55. The van der Waals surface area contributed by atoms with Crippen LogP contribution in [0.3, 0.4) is 0 Å². The van der Waals surface area contributed by atoms with Crippen molar-refractivity contribution in [1.29, 1.82) is 0 Å². The molecule has 0 aliphatic carbocycles.